The van der Waals surface area contributed by atoms with Crippen molar-refractivity contribution >= 4 is 17.9 Å². The van der Waals surface area contributed by atoms with Crippen LogP contribution in [0.4, 0.5) is 0 Å². The summed E-state index contributed by atoms with van der Waals surface area (Å²) in [5.74, 6) is -0.894. The summed E-state index contributed by atoms with van der Waals surface area (Å²) < 4.78 is 17.0. The summed E-state index contributed by atoms with van der Waals surface area (Å²) in [6.45, 7) is 6.64. The third kappa shape index (κ3) is 63.8. The van der Waals surface area contributed by atoms with Crippen molar-refractivity contribution in [2.75, 3.05) is 13.2 Å². The van der Waals surface area contributed by atoms with Gasteiger partial charge in [-0.25, -0.2) is 0 Å². The van der Waals surface area contributed by atoms with Crippen LogP contribution in [0, 0.1) is 0 Å². The lowest BCUT2D eigenvalue weighted by molar-refractivity contribution is -0.167. The summed E-state index contributed by atoms with van der Waals surface area (Å²) in [6.07, 6.45) is 83.7. The lowest BCUT2D eigenvalue weighted by Gasteiger charge is -2.18. The van der Waals surface area contributed by atoms with Crippen molar-refractivity contribution in [3.63, 3.8) is 0 Å². The Morgan fingerprint density at radius 2 is 0.468 bits per heavy atom. The zero-order valence-corrected chi connectivity index (χ0v) is 51.5. The highest BCUT2D eigenvalue weighted by Crippen LogP contribution is 2.17. The van der Waals surface area contributed by atoms with Crippen LogP contribution in [0.2, 0.25) is 0 Å². The molecule has 0 aromatic carbocycles. The van der Waals surface area contributed by atoms with E-state index in [4.69, 9.17) is 14.2 Å². The first-order valence-corrected chi connectivity index (χ1v) is 33.8. The molecule has 77 heavy (non-hydrogen) atoms. The van der Waals surface area contributed by atoms with E-state index in [2.05, 4.69) is 81.5 Å². The summed E-state index contributed by atoms with van der Waals surface area (Å²) in [4.78, 5) is 38.4. The monoisotopic (exact) mass is 1080 g/mol. The average molecular weight is 1080 g/mol. The van der Waals surface area contributed by atoms with E-state index >= 15 is 0 Å². The molecule has 0 aliphatic carbocycles. The van der Waals surface area contributed by atoms with Crippen LogP contribution in [-0.4, -0.2) is 37.2 Å². The fraction of sp³-hybridized carbons (Fsp3) is 0.817. The molecule has 1 atom stereocenters. The van der Waals surface area contributed by atoms with E-state index in [9.17, 15) is 14.4 Å². The molecule has 0 saturated heterocycles. The highest BCUT2D eigenvalue weighted by Gasteiger charge is 2.19. The number of rotatable bonds is 62. The first-order chi connectivity index (χ1) is 38.0. The molecule has 0 radical (unpaired) electrons. The van der Waals surface area contributed by atoms with Crippen molar-refractivity contribution in [2.24, 2.45) is 0 Å². The minimum absolute atomic E-state index is 0.0822. The second-order valence-electron chi connectivity index (χ2n) is 22.7. The number of ether oxygens (including phenoxy) is 3. The van der Waals surface area contributed by atoms with Gasteiger partial charge in [-0.15, -0.1) is 0 Å². The molecule has 6 heteroatoms. The Hall–Kier alpha value is -2.89. The molecule has 0 heterocycles. The van der Waals surface area contributed by atoms with E-state index in [0.29, 0.717) is 19.3 Å². The van der Waals surface area contributed by atoms with E-state index in [-0.39, 0.29) is 31.1 Å². The third-order valence-electron chi connectivity index (χ3n) is 15.0. The summed E-state index contributed by atoms with van der Waals surface area (Å²) >= 11 is 0. The Kier molecular flexibility index (Phi) is 63.2. The zero-order valence-electron chi connectivity index (χ0n) is 51.5. The number of carbonyl (C=O) groups excluding carboxylic acids is 3. The highest BCUT2D eigenvalue weighted by molar-refractivity contribution is 5.71. The van der Waals surface area contributed by atoms with Gasteiger partial charge in [-0.1, -0.05) is 306 Å². The molecule has 6 nitrogen and oxygen atoms in total. The van der Waals surface area contributed by atoms with Crippen molar-refractivity contribution in [2.45, 2.75) is 361 Å². The van der Waals surface area contributed by atoms with E-state index in [0.717, 1.165) is 83.5 Å². The van der Waals surface area contributed by atoms with Crippen LogP contribution >= 0.6 is 0 Å². The Morgan fingerprint density at radius 3 is 0.779 bits per heavy atom. The van der Waals surface area contributed by atoms with Gasteiger partial charge in [0.2, 0.25) is 0 Å². The van der Waals surface area contributed by atoms with Crippen LogP contribution < -0.4 is 0 Å². The minimum Gasteiger partial charge on any atom is -0.462 e. The van der Waals surface area contributed by atoms with E-state index in [1.807, 2.05) is 0 Å². The maximum atomic E-state index is 12.9. The second kappa shape index (κ2) is 65.6. The van der Waals surface area contributed by atoms with Gasteiger partial charge in [-0.05, 0) is 89.9 Å². The molecule has 0 aromatic heterocycles. The molecule has 0 bridgehead atoms. The van der Waals surface area contributed by atoms with E-state index in [1.165, 1.54) is 231 Å². The molecule has 0 spiro atoms. The Bertz CT molecular complexity index is 1380. The molecule has 0 aliphatic heterocycles. The topological polar surface area (TPSA) is 78.9 Å². The SMILES string of the molecule is CCCCC/C=C\C/C=C\C/C=C\C/C=C\CCCCCC(=O)OC[C@H](COC(=O)CCCCCCCCCCC/C=C\CCCCCCCC)OC(=O)CCCCCCCCCCCCCCCCCCCCCCC. The molecule has 0 amide bonds. The zero-order chi connectivity index (χ0) is 55.7. The van der Waals surface area contributed by atoms with Gasteiger partial charge in [0.1, 0.15) is 13.2 Å². The van der Waals surface area contributed by atoms with Gasteiger partial charge in [0.15, 0.2) is 6.10 Å². The normalized spacial score (nSPS) is 12.4. The number of hydrogen-bond donors (Lipinski definition) is 0. The van der Waals surface area contributed by atoms with Crippen LogP contribution in [0.1, 0.15) is 355 Å². The molecular formula is C71H128O6. The Morgan fingerprint density at radius 1 is 0.260 bits per heavy atom. The van der Waals surface area contributed by atoms with Gasteiger partial charge in [0.05, 0.1) is 0 Å². The summed E-state index contributed by atoms with van der Waals surface area (Å²) in [7, 11) is 0. The molecule has 0 aliphatic rings. The van der Waals surface area contributed by atoms with Crippen molar-refractivity contribution in [3.05, 3.63) is 60.8 Å². The quantitative estimate of drug-likeness (QED) is 0.0261. The van der Waals surface area contributed by atoms with Gasteiger partial charge in [0.25, 0.3) is 0 Å². The summed E-state index contributed by atoms with van der Waals surface area (Å²) in [6, 6.07) is 0. The number of unbranched alkanes of at least 4 members (excludes halogenated alkanes) is 41. The lowest BCUT2D eigenvalue weighted by Crippen LogP contribution is -2.30. The number of esters is 3. The molecule has 0 N–H and O–H groups in total. The van der Waals surface area contributed by atoms with E-state index in [1.54, 1.807) is 0 Å². The molecule has 0 unspecified atom stereocenters. The second-order valence-corrected chi connectivity index (χ2v) is 22.7. The number of carbonyl (C=O) groups is 3. The van der Waals surface area contributed by atoms with Crippen molar-refractivity contribution in [1.29, 1.82) is 0 Å². The maximum absolute atomic E-state index is 12.9. The van der Waals surface area contributed by atoms with Gasteiger partial charge in [-0.2, -0.15) is 0 Å². The standard InChI is InChI=1S/C71H128O6/c1-4-7-10-13-16-19-22-25-28-31-34-35-38-41-44-47-50-53-56-59-62-65-71(74)77-68(66-75-69(72)63-60-57-54-51-48-45-42-39-36-32-29-26-23-20-17-14-11-8-5-2)67-76-70(73)64-61-58-55-52-49-46-43-40-37-33-30-27-24-21-18-15-12-9-6-3/h17,20,26-27,29-30,36,39,45,48,68H,4-16,18-19,21-25,28,31-35,37-38,40-44,46-47,49-67H2,1-3H3/b20-17-,29-26-,30-27-,39-36-,48-45-/t68-/m1/s1. The van der Waals surface area contributed by atoms with Gasteiger partial charge >= 0.3 is 17.9 Å². The fourth-order valence-electron chi connectivity index (χ4n) is 9.89. The first kappa shape index (κ1) is 74.1. The molecule has 0 fully saturated rings. The van der Waals surface area contributed by atoms with Crippen LogP contribution in [0.5, 0.6) is 0 Å². The van der Waals surface area contributed by atoms with Gasteiger partial charge < -0.3 is 14.2 Å². The van der Waals surface area contributed by atoms with Crippen molar-refractivity contribution < 1.29 is 28.6 Å². The maximum Gasteiger partial charge on any atom is 0.306 e. The van der Waals surface area contributed by atoms with Crippen LogP contribution in [0.25, 0.3) is 0 Å². The van der Waals surface area contributed by atoms with Crippen molar-refractivity contribution in [1.82, 2.24) is 0 Å². The minimum atomic E-state index is -0.788. The fourth-order valence-corrected chi connectivity index (χ4v) is 9.89. The number of allylic oxidation sites excluding steroid dienone is 10. The largest absolute Gasteiger partial charge is 0.462 e. The smallest absolute Gasteiger partial charge is 0.306 e. The molecule has 0 aromatic rings. The van der Waals surface area contributed by atoms with Crippen LogP contribution in [0.15, 0.2) is 60.8 Å². The molecule has 0 rings (SSSR count). The summed E-state index contributed by atoms with van der Waals surface area (Å²) in [5, 5.41) is 0. The predicted molar refractivity (Wildman–Crippen MR) is 335 cm³/mol. The summed E-state index contributed by atoms with van der Waals surface area (Å²) in [5.41, 5.74) is 0. The van der Waals surface area contributed by atoms with E-state index < -0.39 is 6.10 Å². The molecule has 448 valence electrons. The lowest BCUT2D eigenvalue weighted by atomic mass is 10.0. The van der Waals surface area contributed by atoms with Gasteiger partial charge in [-0.3, -0.25) is 14.4 Å². The Balaban J connectivity index is 4.39. The highest BCUT2D eigenvalue weighted by atomic mass is 16.6. The van der Waals surface area contributed by atoms with Crippen LogP contribution in [0.3, 0.4) is 0 Å². The van der Waals surface area contributed by atoms with Crippen LogP contribution in [-0.2, 0) is 28.6 Å². The van der Waals surface area contributed by atoms with Crippen molar-refractivity contribution in [3.8, 4) is 0 Å². The molecule has 0 saturated carbocycles. The first-order valence-electron chi connectivity index (χ1n) is 33.8. The third-order valence-corrected chi connectivity index (χ3v) is 15.0. The average Bonchev–Trinajstić information content (AvgIpc) is 3.43. The Labute approximate surface area is 479 Å². The molecular weight excluding hydrogens is 949 g/mol. The van der Waals surface area contributed by atoms with Gasteiger partial charge in [0, 0.05) is 19.3 Å². The number of hydrogen-bond acceptors (Lipinski definition) is 6. The predicted octanol–water partition coefficient (Wildman–Crippen LogP) is 23.1.